The van der Waals surface area contributed by atoms with Crippen LogP contribution in [0.15, 0.2) is 34.9 Å². The Kier molecular flexibility index (Phi) is 2.88. The van der Waals surface area contributed by atoms with E-state index in [0.29, 0.717) is 16.7 Å². The maximum Gasteiger partial charge on any atom is 0.162 e. The molecule has 2 aromatic rings. The third-order valence-corrected chi connectivity index (χ3v) is 2.77. The monoisotopic (exact) mass is 283 g/mol. The Hall–Kier alpha value is -1.13. The first-order valence-electron chi connectivity index (χ1n) is 4.21. The molecule has 0 radical (unpaired) electrons. The summed E-state index contributed by atoms with van der Waals surface area (Å²) in [5.74, 6) is 0.997. The van der Waals surface area contributed by atoms with Crippen LogP contribution in [0.1, 0.15) is 0 Å². The van der Waals surface area contributed by atoms with Crippen LogP contribution in [0.4, 0.5) is 5.82 Å². The lowest BCUT2D eigenvalue weighted by atomic mass is 10.2. The van der Waals surface area contributed by atoms with E-state index in [4.69, 9.17) is 17.3 Å². The van der Waals surface area contributed by atoms with Gasteiger partial charge >= 0.3 is 0 Å². The standard InChI is InChI=1S/C10H7BrClN3/c11-8-2-1-6(12)5-7(8)10-14-4-3-9(13)15-10/h1-5H,(H2,13,14,15). The lowest BCUT2D eigenvalue weighted by Crippen LogP contribution is -1.94. The topological polar surface area (TPSA) is 51.8 Å². The van der Waals surface area contributed by atoms with Gasteiger partial charge in [0, 0.05) is 21.3 Å². The number of benzene rings is 1. The van der Waals surface area contributed by atoms with Gasteiger partial charge in [-0.3, -0.25) is 0 Å². The van der Waals surface area contributed by atoms with Gasteiger partial charge in [0.2, 0.25) is 0 Å². The third-order valence-electron chi connectivity index (χ3n) is 1.85. The number of rotatable bonds is 1. The van der Waals surface area contributed by atoms with Crippen molar-refractivity contribution < 1.29 is 0 Å². The Morgan fingerprint density at radius 1 is 1.27 bits per heavy atom. The van der Waals surface area contributed by atoms with E-state index in [1.807, 2.05) is 6.07 Å². The molecule has 0 bridgehead atoms. The van der Waals surface area contributed by atoms with Gasteiger partial charge in [-0.25, -0.2) is 9.97 Å². The van der Waals surface area contributed by atoms with Gasteiger partial charge in [-0.1, -0.05) is 27.5 Å². The molecule has 15 heavy (non-hydrogen) atoms. The van der Waals surface area contributed by atoms with Gasteiger partial charge < -0.3 is 5.73 Å². The molecule has 0 spiro atoms. The molecule has 76 valence electrons. The molecule has 0 aliphatic carbocycles. The molecule has 0 fully saturated rings. The van der Waals surface area contributed by atoms with E-state index >= 15 is 0 Å². The van der Waals surface area contributed by atoms with Crippen LogP contribution in [-0.2, 0) is 0 Å². The SMILES string of the molecule is Nc1ccnc(-c2cc(Cl)ccc2Br)n1. The largest absolute Gasteiger partial charge is 0.384 e. The molecule has 0 unspecified atom stereocenters. The highest BCUT2D eigenvalue weighted by molar-refractivity contribution is 9.10. The smallest absolute Gasteiger partial charge is 0.162 e. The van der Waals surface area contributed by atoms with Gasteiger partial charge in [0.05, 0.1) is 0 Å². The van der Waals surface area contributed by atoms with Gasteiger partial charge in [-0.15, -0.1) is 0 Å². The minimum absolute atomic E-state index is 0.437. The minimum atomic E-state index is 0.437. The first-order chi connectivity index (χ1) is 7.16. The Morgan fingerprint density at radius 3 is 2.80 bits per heavy atom. The molecule has 1 aromatic carbocycles. The Labute approximate surface area is 100 Å². The van der Waals surface area contributed by atoms with Crippen LogP contribution < -0.4 is 5.73 Å². The van der Waals surface area contributed by atoms with Crippen LogP contribution >= 0.6 is 27.5 Å². The molecular formula is C10H7BrClN3. The highest BCUT2D eigenvalue weighted by Gasteiger charge is 2.06. The summed E-state index contributed by atoms with van der Waals surface area (Å²) in [6.07, 6.45) is 1.62. The molecule has 3 nitrogen and oxygen atoms in total. The van der Waals surface area contributed by atoms with Gasteiger partial charge in [0.1, 0.15) is 5.82 Å². The fourth-order valence-electron chi connectivity index (χ4n) is 1.17. The quantitative estimate of drug-likeness (QED) is 0.875. The Morgan fingerprint density at radius 2 is 2.07 bits per heavy atom. The average molecular weight is 285 g/mol. The lowest BCUT2D eigenvalue weighted by molar-refractivity contribution is 1.18. The zero-order valence-corrected chi connectivity index (χ0v) is 9.96. The number of nitrogen functional groups attached to an aromatic ring is 1. The van der Waals surface area contributed by atoms with Crippen molar-refractivity contribution in [3.8, 4) is 11.4 Å². The molecule has 0 atom stereocenters. The molecule has 2 rings (SSSR count). The molecule has 0 aliphatic heterocycles. The Bertz CT molecular complexity index is 502. The van der Waals surface area contributed by atoms with Crippen LogP contribution in [0.25, 0.3) is 11.4 Å². The third kappa shape index (κ3) is 2.27. The highest BCUT2D eigenvalue weighted by atomic mass is 79.9. The van der Waals surface area contributed by atoms with Crippen molar-refractivity contribution in [1.29, 1.82) is 0 Å². The van der Waals surface area contributed by atoms with Crippen molar-refractivity contribution in [2.24, 2.45) is 0 Å². The van der Waals surface area contributed by atoms with E-state index < -0.39 is 0 Å². The zero-order valence-electron chi connectivity index (χ0n) is 7.61. The molecular weight excluding hydrogens is 277 g/mol. The van der Waals surface area contributed by atoms with Crippen molar-refractivity contribution in [2.45, 2.75) is 0 Å². The van der Waals surface area contributed by atoms with E-state index in [0.717, 1.165) is 10.0 Å². The molecule has 0 amide bonds. The first-order valence-corrected chi connectivity index (χ1v) is 5.38. The summed E-state index contributed by atoms with van der Waals surface area (Å²) >= 11 is 9.31. The fourth-order valence-corrected chi connectivity index (χ4v) is 1.77. The van der Waals surface area contributed by atoms with E-state index in [1.54, 1.807) is 24.4 Å². The maximum absolute atomic E-state index is 5.90. The van der Waals surface area contributed by atoms with Crippen LogP contribution in [0.2, 0.25) is 5.02 Å². The van der Waals surface area contributed by atoms with Gasteiger partial charge in [-0.2, -0.15) is 0 Å². The van der Waals surface area contributed by atoms with E-state index in [1.165, 1.54) is 0 Å². The number of nitrogens with zero attached hydrogens (tertiary/aromatic N) is 2. The fraction of sp³-hybridized carbons (Fsp3) is 0. The van der Waals surface area contributed by atoms with Crippen molar-refractivity contribution in [3.63, 3.8) is 0 Å². The van der Waals surface area contributed by atoms with Crippen LogP contribution in [0.5, 0.6) is 0 Å². The summed E-state index contributed by atoms with van der Waals surface area (Å²) < 4.78 is 0.887. The van der Waals surface area contributed by atoms with E-state index in [2.05, 4.69) is 25.9 Å². The second-order valence-electron chi connectivity index (χ2n) is 2.93. The summed E-state index contributed by atoms with van der Waals surface area (Å²) in [5.41, 5.74) is 6.41. The molecule has 5 heteroatoms. The normalized spacial score (nSPS) is 10.3. The summed E-state index contributed by atoms with van der Waals surface area (Å²) in [6.45, 7) is 0. The molecule has 0 aliphatic rings. The van der Waals surface area contributed by atoms with Crippen LogP contribution in [-0.4, -0.2) is 9.97 Å². The average Bonchev–Trinajstić information content (AvgIpc) is 2.22. The van der Waals surface area contributed by atoms with Crippen molar-refractivity contribution in [1.82, 2.24) is 9.97 Å². The summed E-state index contributed by atoms with van der Waals surface area (Å²) in [6, 6.07) is 7.08. The molecule has 2 N–H and O–H groups in total. The van der Waals surface area contributed by atoms with Crippen LogP contribution in [0.3, 0.4) is 0 Å². The van der Waals surface area contributed by atoms with Crippen molar-refractivity contribution in [2.75, 3.05) is 5.73 Å². The number of anilines is 1. The summed E-state index contributed by atoms with van der Waals surface area (Å²) in [7, 11) is 0. The second kappa shape index (κ2) is 4.16. The predicted octanol–water partition coefficient (Wildman–Crippen LogP) is 3.14. The first kappa shape index (κ1) is 10.4. The minimum Gasteiger partial charge on any atom is -0.384 e. The number of hydrogen-bond donors (Lipinski definition) is 1. The highest BCUT2D eigenvalue weighted by Crippen LogP contribution is 2.28. The van der Waals surface area contributed by atoms with Gasteiger partial charge in [0.25, 0.3) is 0 Å². The summed E-state index contributed by atoms with van der Waals surface area (Å²) in [4.78, 5) is 8.26. The number of hydrogen-bond acceptors (Lipinski definition) is 3. The lowest BCUT2D eigenvalue weighted by Gasteiger charge is -2.03. The van der Waals surface area contributed by atoms with Crippen molar-refractivity contribution >= 4 is 33.3 Å². The maximum atomic E-state index is 5.90. The van der Waals surface area contributed by atoms with Gasteiger partial charge in [0.15, 0.2) is 5.82 Å². The molecule has 1 heterocycles. The summed E-state index contributed by atoms with van der Waals surface area (Å²) in [5, 5.41) is 0.638. The van der Waals surface area contributed by atoms with E-state index in [-0.39, 0.29) is 0 Å². The van der Waals surface area contributed by atoms with Crippen molar-refractivity contribution in [3.05, 3.63) is 40.0 Å². The number of nitrogens with two attached hydrogens (primary N) is 1. The van der Waals surface area contributed by atoms with Gasteiger partial charge in [-0.05, 0) is 24.3 Å². The molecule has 0 saturated heterocycles. The number of halogens is 2. The van der Waals surface area contributed by atoms with E-state index in [9.17, 15) is 0 Å². The molecule has 1 aromatic heterocycles. The molecule has 0 saturated carbocycles. The second-order valence-corrected chi connectivity index (χ2v) is 4.22. The Balaban J connectivity index is 2.58. The van der Waals surface area contributed by atoms with Crippen LogP contribution in [0, 0.1) is 0 Å². The number of aromatic nitrogens is 2. The predicted molar refractivity (Wildman–Crippen MR) is 64.6 cm³/mol. The zero-order chi connectivity index (χ0) is 10.8.